The molecule has 1 fully saturated rings. The molecule has 6 nitrogen and oxygen atoms in total. The van der Waals surface area contributed by atoms with Gasteiger partial charge in [-0.25, -0.2) is 0 Å². The maximum atomic E-state index is 12.5. The highest BCUT2D eigenvalue weighted by Crippen LogP contribution is 2.32. The first-order valence-electron chi connectivity index (χ1n) is 7.44. The second-order valence-corrected chi connectivity index (χ2v) is 5.61. The van der Waals surface area contributed by atoms with Crippen molar-refractivity contribution in [2.24, 2.45) is 0 Å². The van der Waals surface area contributed by atoms with Crippen LogP contribution in [0.2, 0.25) is 0 Å². The van der Waals surface area contributed by atoms with Crippen LogP contribution in [0.25, 0.3) is 0 Å². The number of anilines is 2. The number of amides is 1. The Hall–Kier alpha value is -2.89. The molecule has 3 rings (SSSR count). The van der Waals surface area contributed by atoms with Gasteiger partial charge in [0, 0.05) is 30.4 Å². The Labute approximate surface area is 133 Å². The predicted molar refractivity (Wildman–Crippen MR) is 88.9 cm³/mol. The van der Waals surface area contributed by atoms with Gasteiger partial charge < -0.3 is 10.2 Å². The molecule has 0 spiro atoms. The molecule has 6 heteroatoms. The van der Waals surface area contributed by atoms with Gasteiger partial charge in [-0.1, -0.05) is 18.2 Å². The second kappa shape index (κ2) is 6.08. The van der Waals surface area contributed by atoms with Crippen LogP contribution < -0.4 is 10.2 Å². The fourth-order valence-corrected chi connectivity index (χ4v) is 2.35. The Morgan fingerprint density at radius 2 is 1.91 bits per heavy atom. The lowest BCUT2D eigenvalue weighted by Gasteiger charge is -2.17. The second-order valence-electron chi connectivity index (χ2n) is 5.61. The average molecular weight is 311 g/mol. The molecule has 0 saturated heterocycles. The first-order valence-corrected chi connectivity index (χ1v) is 7.44. The molecule has 2 aromatic carbocycles. The lowest BCUT2D eigenvalue weighted by molar-refractivity contribution is -0.384. The maximum absolute atomic E-state index is 12.5. The zero-order chi connectivity index (χ0) is 16.4. The van der Waals surface area contributed by atoms with Gasteiger partial charge in [-0.05, 0) is 37.1 Å². The number of rotatable bonds is 5. The van der Waals surface area contributed by atoms with Crippen LogP contribution in [-0.2, 0) is 0 Å². The van der Waals surface area contributed by atoms with Gasteiger partial charge in [-0.2, -0.15) is 0 Å². The van der Waals surface area contributed by atoms with Gasteiger partial charge in [0.2, 0.25) is 0 Å². The summed E-state index contributed by atoms with van der Waals surface area (Å²) in [5.41, 5.74) is 1.44. The molecule has 1 saturated carbocycles. The molecule has 23 heavy (non-hydrogen) atoms. The van der Waals surface area contributed by atoms with E-state index >= 15 is 0 Å². The lowest BCUT2D eigenvalue weighted by atomic mass is 10.1. The van der Waals surface area contributed by atoms with Crippen molar-refractivity contribution >= 4 is 23.0 Å². The smallest absolute Gasteiger partial charge is 0.293 e. The average Bonchev–Trinajstić information content (AvgIpc) is 3.38. The Bertz CT molecular complexity index is 742. The highest BCUT2D eigenvalue weighted by atomic mass is 16.6. The molecule has 1 amide bonds. The topological polar surface area (TPSA) is 75.5 Å². The summed E-state index contributed by atoms with van der Waals surface area (Å²) in [5, 5.41) is 14.4. The third-order valence-corrected chi connectivity index (χ3v) is 3.83. The van der Waals surface area contributed by atoms with E-state index in [1.54, 1.807) is 19.2 Å². The number of carbonyl (C=O) groups is 1. The zero-order valence-electron chi connectivity index (χ0n) is 12.7. The minimum Gasteiger partial charge on any atom is -0.377 e. The Kier molecular flexibility index (Phi) is 3.97. The van der Waals surface area contributed by atoms with Gasteiger partial charge in [-0.3, -0.25) is 14.9 Å². The number of nitrogens with one attached hydrogen (secondary N) is 1. The molecule has 1 aliphatic carbocycles. The van der Waals surface area contributed by atoms with Crippen LogP contribution in [0.1, 0.15) is 23.2 Å². The molecule has 0 radical (unpaired) electrons. The van der Waals surface area contributed by atoms with Crippen molar-refractivity contribution in [3.05, 3.63) is 64.2 Å². The van der Waals surface area contributed by atoms with Crippen LogP contribution in [0.15, 0.2) is 48.5 Å². The standard InChI is InChI=1S/C17H17N3O3/c1-19(14-5-3-2-4-6-14)17(21)12-7-10-15(18-13-8-9-13)16(11-12)20(22)23/h2-7,10-11,13,18H,8-9H2,1H3. The Morgan fingerprint density at radius 1 is 1.22 bits per heavy atom. The predicted octanol–water partition coefficient (Wildman–Crippen LogP) is 3.45. The molecule has 118 valence electrons. The number of hydrogen-bond acceptors (Lipinski definition) is 4. The minimum absolute atomic E-state index is 0.0655. The molecule has 0 bridgehead atoms. The molecular formula is C17H17N3O3. The van der Waals surface area contributed by atoms with E-state index in [0.717, 1.165) is 18.5 Å². The minimum atomic E-state index is -0.454. The van der Waals surface area contributed by atoms with Crippen molar-refractivity contribution in [2.45, 2.75) is 18.9 Å². The summed E-state index contributed by atoms with van der Waals surface area (Å²) in [6, 6.07) is 14.1. The van der Waals surface area contributed by atoms with E-state index in [0.29, 0.717) is 17.3 Å². The number of carbonyl (C=O) groups excluding carboxylic acids is 1. The van der Waals surface area contributed by atoms with E-state index in [2.05, 4.69) is 5.32 Å². The van der Waals surface area contributed by atoms with Crippen LogP contribution in [0.3, 0.4) is 0 Å². The van der Waals surface area contributed by atoms with Gasteiger partial charge in [0.25, 0.3) is 11.6 Å². The lowest BCUT2D eigenvalue weighted by Crippen LogP contribution is -2.26. The van der Waals surface area contributed by atoms with Crippen molar-refractivity contribution in [3.8, 4) is 0 Å². The molecule has 0 aliphatic heterocycles. The van der Waals surface area contributed by atoms with Gasteiger partial charge in [0.05, 0.1) is 4.92 Å². The van der Waals surface area contributed by atoms with E-state index < -0.39 is 4.92 Å². The SMILES string of the molecule is CN(C(=O)c1ccc(NC2CC2)c([N+](=O)[O-])c1)c1ccccc1. The number of hydrogen-bond donors (Lipinski definition) is 1. The number of nitro benzene ring substituents is 1. The number of para-hydroxylation sites is 1. The Morgan fingerprint density at radius 3 is 2.52 bits per heavy atom. The summed E-state index contributed by atoms with van der Waals surface area (Å²) in [6.45, 7) is 0. The van der Waals surface area contributed by atoms with Gasteiger partial charge >= 0.3 is 0 Å². The van der Waals surface area contributed by atoms with Gasteiger partial charge in [-0.15, -0.1) is 0 Å². The third kappa shape index (κ3) is 3.31. The van der Waals surface area contributed by atoms with Crippen molar-refractivity contribution in [1.82, 2.24) is 0 Å². The fourth-order valence-electron chi connectivity index (χ4n) is 2.35. The number of nitro groups is 1. The molecular weight excluding hydrogens is 294 g/mol. The Balaban J connectivity index is 1.88. The summed E-state index contributed by atoms with van der Waals surface area (Å²) in [6.07, 6.45) is 2.04. The molecule has 0 aromatic heterocycles. The molecule has 2 aromatic rings. The summed E-state index contributed by atoms with van der Waals surface area (Å²) in [7, 11) is 1.65. The molecule has 1 N–H and O–H groups in total. The van der Waals surface area contributed by atoms with Crippen molar-refractivity contribution in [1.29, 1.82) is 0 Å². The number of benzene rings is 2. The van der Waals surface area contributed by atoms with E-state index in [1.807, 2.05) is 30.3 Å². The largest absolute Gasteiger partial charge is 0.377 e. The highest BCUT2D eigenvalue weighted by Gasteiger charge is 2.26. The molecule has 1 aliphatic rings. The molecule has 0 heterocycles. The van der Waals surface area contributed by atoms with E-state index in [-0.39, 0.29) is 11.6 Å². The zero-order valence-corrected chi connectivity index (χ0v) is 12.7. The molecule has 0 unspecified atom stereocenters. The first kappa shape index (κ1) is 15.0. The summed E-state index contributed by atoms with van der Waals surface area (Å²) in [5.74, 6) is -0.280. The summed E-state index contributed by atoms with van der Waals surface area (Å²) >= 11 is 0. The monoisotopic (exact) mass is 311 g/mol. The highest BCUT2D eigenvalue weighted by molar-refractivity contribution is 6.06. The third-order valence-electron chi connectivity index (χ3n) is 3.83. The number of nitrogens with zero attached hydrogens (tertiary/aromatic N) is 2. The van der Waals surface area contributed by atoms with E-state index in [9.17, 15) is 14.9 Å². The first-order chi connectivity index (χ1) is 11.1. The van der Waals surface area contributed by atoms with E-state index in [4.69, 9.17) is 0 Å². The maximum Gasteiger partial charge on any atom is 0.293 e. The quantitative estimate of drug-likeness (QED) is 0.678. The van der Waals surface area contributed by atoms with Crippen LogP contribution in [-0.4, -0.2) is 23.9 Å². The fraction of sp³-hybridized carbons (Fsp3) is 0.235. The van der Waals surface area contributed by atoms with Gasteiger partial charge in [0.1, 0.15) is 5.69 Å². The van der Waals surface area contributed by atoms with E-state index in [1.165, 1.54) is 11.0 Å². The van der Waals surface area contributed by atoms with Crippen LogP contribution >= 0.6 is 0 Å². The van der Waals surface area contributed by atoms with Crippen LogP contribution in [0, 0.1) is 10.1 Å². The van der Waals surface area contributed by atoms with Crippen molar-refractivity contribution < 1.29 is 9.72 Å². The van der Waals surface area contributed by atoms with Crippen LogP contribution in [0.4, 0.5) is 17.1 Å². The van der Waals surface area contributed by atoms with Crippen molar-refractivity contribution in [2.75, 3.05) is 17.3 Å². The van der Waals surface area contributed by atoms with Crippen molar-refractivity contribution in [3.63, 3.8) is 0 Å². The molecule has 0 atom stereocenters. The summed E-state index contributed by atoms with van der Waals surface area (Å²) in [4.78, 5) is 24.9. The normalized spacial score (nSPS) is 13.4. The van der Waals surface area contributed by atoms with Crippen LogP contribution in [0.5, 0.6) is 0 Å². The van der Waals surface area contributed by atoms with Gasteiger partial charge in [0.15, 0.2) is 0 Å². The summed E-state index contributed by atoms with van der Waals surface area (Å²) < 4.78 is 0.